The Bertz CT molecular complexity index is 579. The van der Waals surface area contributed by atoms with Gasteiger partial charge in [0, 0.05) is 11.8 Å². The third-order valence-electron chi connectivity index (χ3n) is 4.21. The van der Waals surface area contributed by atoms with Crippen LogP contribution >= 0.6 is 0 Å². The SMILES string of the molecule is CCC1CCCC(OCc2nc3ccc(N)cc3o2)C1. The lowest BCUT2D eigenvalue weighted by atomic mass is 9.85. The summed E-state index contributed by atoms with van der Waals surface area (Å²) < 4.78 is 11.7. The van der Waals surface area contributed by atoms with E-state index in [2.05, 4.69) is 11.9 Å². The summed E-state index contributed by atoms with van der Waals surface area (Å²) in [6, 6.07) is 5.52. The summed E-state index contributed by atoms with van der Waals surface area (Å²) in [5, 5.41) is 0. The number of rotatable bonds is 4. The third kappa shape index (κ3) is 2.96. The number of benzene rings is 1. The van der Waals surface area contributed by atoms with E-state index in [0.29, 0.717) is 24.3 Å². The molecule has 2 N–H and O–H groups in total. The maximum atomic E-state index is 5.97. The fourth-order valence-corrected chi connectivity index (χ4v) is 3.00. The molecular weight excluding hydrogens is 252 g/mol. The molecule has 1 saturated carbocycles. The fourth-order valence-electron chi connectivity index (χ4n) is 3.00. The molecule has 2 unspecified atom stereocenters. The number of nitrogens with two attached hydrogens (primary N) is 1. The molecule has 0 spiro atoms. The minimum absolute atomic E-state index is 0.355. The van der Waals surface area contributed by atoms with Gasteiger partial charge in [0.1, 0.15) is 12.1 Å². The van der Waals surface area contributed by atoms with Crippen LogP contribution in [0.3, 0.4) is 0 Å². The number of fused-ring (bicyclic) bond motifs is 1. The fraction of sp³-hybridized carbons (Fsp3) is 0.562. The van der Waals surface area contributed by atoms with E-state index < -0.39 is 0 Å². The maximum Gasteiger partial charge on any atom is 0.221 e. The summed E-state index contributed by atoms with van der Waals surface area (Å²) in [7, 11) is 0. The van der Waals surface area contributed by atoms with Gasteiger partial charge in [-0.25, -0.2) is 4.98 Å². The van der Waals surface area contributed by atoms with Crippen molar-refractivity contribution in [2.45, 2.75) is 51.7 Å². The molecule has 4 heteroatoms. The first-order chi connectivity index (χ1) is 9.74. The summed E-state index contributed by atoms with van der Waals surface area (Å²) in [5.74, 6) is 1.46. The zero-order valence-corrected chi connectivity index (χ0v) is 12.0. The molecule has 0 amide bonds. The molecular formula is C16H22N2O2. The topological polar surface area (TPSA) is 61.3 Å². The number of hydrogen-bond acceptors (Lipinski definition) is 4. The summed E-state index contributed by atoms with van der Waals surface area (Å²) in [6.07, 6.45) is 6.55. The molecule has 3 rings (SSSR count). The molecule has 1 aliphatic rings. The quantitative estimate of drug-likeness (QED) is 0.859. The highest BCUT2D eigenvalue weighted by molar-refractivity contribution is 5.76. The molecule has 1 aliphatic carbocycles. The standard InChI is InChI=1S/C16H22N2O2/c1-2-11-4-3-5-13(8-11)19-10-16-18-14-7-6-12(17)9-15(14)20-16/h6-7,9,11,13H,2-5,8,10,17H2,1H3. The van der Waals surface area contributed by atoms with E-state index in [9.17, 15) is 0 Å². The highest BCUT2D eigenvalue weighted by Crippen LogP contribution is 2.29. The van der Waals surface area contributed by atoms with Crippen LogP contribution in [-0.4, -0.2) is 11.1 Å². The molecule has 0 radical (unpaired) electrons. The van der Waals surface area contributed by atoms with Crippen molar-refractivity contribution in [1.29, 1.82) is 0 Å². The van der Waals surface area contributed by atoms with Gasteiger partial charge >= 0.3 is 0 Å². The van der Waals surface area contributed by atoms with E-state index in [1.54, 1.807) is 6.07 Å². The Labute approximate surface area is 119 Å². The Hall–Kier alpha value is -1.55. The Kier molecular flexibility index (Phi) is 3.92. The second kappa shape index (κ2) is 5.83. The third-order valence-corrected chi connectivity index (χ3v) is 4.21. The van der Waals surface area contributed by atoms with E-state index >= 15 is 0 Å². The molecule has 4 nitrogen and oxygen atoms in total. The van der Waals surface area contributed by atoms with E-state index in [4.69, 9.17) is 14.9 Å². The van der Waals surface area contributed by atoms with Crippen LogP contribution in [0.15, 0.2) is 22.6 Å². The Morgan fingerprint density at radius 3 is 3.15 bits per heavy atom. The van der Waals surface area contributed by atoms with Crippen LogP contribution in [-0.2, 0) is 11.3 Å². The zero-order chi connectivity index (χ0) is 13.9. The number of ether oxygens (including phenoxy) is 1. The summed E-state index contributed by atoms with van der Waals surface area (Å²) in [4.78, 5) is 4.43. The van der Waals surface area contributed by atoms with E-state index in [1.807, 2.05) is 12.1 Å². The summed E-state index contributed by atoms with van der Waals surface area (Å²) in [5.41, 5.74) is 8.00. The van der Waals surface area contributed by atoms with Crippen LogP contribution in [0.25, 0.3) is 11.1 Å². The smallest absolute Gasteiger partial charge is 0.221 e. The van der Waals surface area contributed by atoms with Gasteiger partial charge in [0.2, 0.25) is 5.89 Å². The number of hydrogen-bond donors (Lipinski definition) is 1. The van der Waals surface area contributed by atoms with Crippen molar-refractivity contribution in [1.82, 2.24) is 4.98 Å². The van der Waals surface area contributed by atoms with Gasteiger partial charge < -0.3 is 14.9 Å². The van der Waals surface area contributed by atoms with Crippen molar-refractivity contribution in [3.05, 3.63) is 24.1 Å². The van der Waals surface area contributed by atoms with E-state index in [0.717, 1.165) is 23.4 Å². The van der Waals surface area contributed by atoms with E-state index in [1.165, 1.54) is 25.7 Å². The Morgan fingerprint density at radius 2 is 2.30 bits per heavy atom. The van der Waals surface area contributed by atoms with Crippen LogP contribution in [0.5, 0.6) is 0 Å². The van der Waals surface area contributed by atoms with Gasteiger partial charge in [-0.3, -0.25) is 0 Å². The highest BCUT2D eigenvalue weighted by atomic mass is 16.5. The minimum atomic E-state index is 0.355. The zero-order valence-electron chi connectivity index (χ0n) is 12.0. The van der Waals surface area contributed by atoms with Gasteiger partial charge in [-0.15, -0.1) is 0 Å². The molecule has 1 aromatic carbocycles. The lowest BCUT2D eigenvalue weighted by Crippen LogP contribution is -2.22. The van der Waals surface area contributed by atoms with Crippen molar-refractivity contribution >= 4 is 16.8 Å². The first-order valence-corrected chi connectivity index (χ1v) is 7.51. The summed E-state index contributed by atoms with van der Waals surface area (Å²) in [6.45, 7) is 2.72. The van der Waals surface area contributed by atoms with Crippen LogP contribution in [0.4, 0.5) is 5.69 Å². The number of nitrogens with zero attached hydrogens (tertiary/aromatic N) is 1. The molecule has 1 fully saturated rings. The first-order valence-electron chi connectivity index (χ1n) is 7.51. The van der Waals surface area contributed by atoms with E-state index in [-0.39, 0.29) is 0 Å². The van der Waals surface area contributed by atoms with Gasteiger partial charge in [0.15, 0.2) is 5.58 Å². The molecule has 1 heterocycles. The van der Waals surface area contributed by atoms with Crippen molar-refractivity contribution in [3.63, 3.8) is 0 Å². The maximum absolute atomic E-state index is 5.97. The van der Waals surface area contributed by atoms with Crippen molar-refractivity contribution < 1.29 is 9.15 Å². The average molecular weight is 274 g/mol. The average Bonchev–Trinajstić information content (AvgIpc) is 2.87. The molecule has 0 bridgehead atoms. The molecule has 20 heavy (non-hydrogen) atoms. The second-order valence-electron chi connectivity index (χ2n) is 5.71. The first kappa shape index (κ1) is 13.4. The molecule has 2 atom stereocenters. The van der Waals surface area contributed by atoms with Gasteiger partial charge in [-0.2, -0.15) is 0 Å². The van der Waals surface area contributed by atoms with Gasteiger partial charge in [-0.1, -0.05) is 26.2 Å². The van der Waals surface area contributed by atoms with Crippen molar-refractivity contribution in [2.75, 3.05) is 5.73 Å². The van der Waals surface area contributed by atoms with Crippen LogP contribution in [0.2, 0.25) is 0 Å². The number of nitrogen functional groups attached to an aromatic ring is 1. The number of oxazole rings is 1. The molecule has 2 aromatic rings. The van der Waals surface area contributed by atoms with Crippen LogP contribution in [0.1, 0.15) is 44.9 Å². The molecule has 0 aliphatic heterocycles. The molecule has 1 aromatic heterocycles. The second-order valence-corrected chi connectivity index (χ2v) is 5.71. The Morgan fingerprint density at radius 1 is 1.40 bits per heavy atom. The predicted octanol–water partition coefficient (Wildman–Crippen LogP) is 3.90. The molecule has 108 valence electrons. The summed E-state index contributed by atoms with van der Waals surface area (Å²) >= 11 is 0. The van der Waals surface area contributed by atoms with Gasteiger partial charge in [0.05, 0.1) is 6.10 Å². The van der Waals surface area contributed by atoms with Crippen molar-refractivity contribution in [2.24, 2.45) is 5.92 Å². The molecule has 0 saturated heterocycles. The van der Waals surface area contributed by atoms with Gasteiger partial charge in [-0.05, 0) is 30.9 Å². The lowest BCUT2D eigenvalue weighted by molar-refractivity contribution is -0.00669. The predicted molar refractivity (Wildman–Crippen MR) is 79.2 cm³/mol. The minimum Gasteiger partial charge on any atom is -0.438 e. The van der Waals surface area contributed by atoms with Crippen LogP contribution in [0, 0.1) is 5.92 Å². The van der Waals surface area contributed by atoms with Crippen LogP contribution < -0.4 is 5.73 Å². The monoisotopic (exact) mass is 274 g/mol. The normalized spacial score (nSPS) is 23.2. The Balaban J connectivity index is 1.62. The largest absolute Gasteiger partial charge is 0.438 e. The van der Waals surface area contributed by atoms with Gasteiger partial charge in [0.25, 0.3) is 0 Å². The lowest BCUT2D eigenvalue weighted by Gasteiger charge is -2.28. The number of anilines is 1. The van der Waals surface area contributed by atoms with Crippen molar-refractivity contribution in [3.8, 4) is 0 Å². The number of aromatic nitrogens is 1. The highest BCUT2D eigenvalue weighted by Gasteiger charge is 2.21.